The van der Waals surface area contributed by atoms with Gasteiger partial charge >= 0.3 is 24.1 Å². The molecule has 2 unspecified atom stereocenters. The zero-order valence-electron chi connectivity index (χ0n) is 67.0. The molecule has 0 spiro atoms. The Hall–Kier alpha value is -12.7. The summed E-state index contributed by atoms with van der Waals surface area (Å²) >= 11 is 3.31. The number of rotatable bonds is 27. The molecule has 16 rings (SSSR count). The number of ether oxygens (including phenoxy) is 5. The predicted molar refractivity (Wildman–Crippen MR) is 456 cm³/mol. The van der Waals surface area contributed by atoms with E-state index >= 15 is 0 Å². The van der Waals surface area contributed by atoms with Gasteiger partial charge in [0.25, 0.3) is 0 Å². The number of nitrogens with zero attached hydrogens (tertiary/aromatic N) is 9. The van der Waals surface area contributed by atoms with Gasteiger partial charge in [0, 0.05) is 112 Å². The van der Waals surface area contributed by atoms with Crippen molar-refractivity contribution in [1.29, 1.82) is 0 Å². The van der Waals surface area contributed by atoms with Crippen LogP contribution < -0.4 is 64.6 Å². The molecule has 4 fully saturated rings. The van der Waals surface area contributed by atoms with E-state index in [1.54, 1.807) is 68.9 Å². The van der Waals surface area contributed by atoms with Crippen molar-refractivity contribution in [2.45, 2.75) is 79.3 Å². The number of pyridine rings is 1. The Morgan fingerprint density at radius 2 is 0.924 bits per heavy atom. The maximum Gasteiger partial charge on any atom is 0.323 e. The van der Waals surface area contributed by atoms with E-state index in [0.717, 1.165) is 117 Å². The minimum absolute atomic E-state index is 0.00278. The number of hydrogen-bond acceptors (Lipinski definition) is 21. The molecule has 612 valence electrons. The van der Waals surface area contributed by atoms with Crippen LogP contribution in [0.2, 0.25) is 0 Å². The molecule has 7 N–H and O–H groups in total. The van der Waals surface area contributed by atoms with Crippen molar-refractivity contribution in [3.05, 3.63) is 249 Å². The van der Waals surface area contributed by atoms with Crippen molar-refractivity contribution >= 4 is 69.7 Å². The van der Waals surface area contributed by atoms with Crippen LogP contribution in [0.5, 0.6) is 28.7 Å². The van der Waals surface area contributed by atoms with Gasteiger partial charge in [0.2, 0.25) is 0 Å². The number of carbonyl (C=O) groups excluding carboxylic acids is 4. The highest BCUT2D eigenvalue weighted by Crippen LogP contribution is 2.37. The Morgan fingerprint density at radius 1 is 0.458 bits per heavy atom. The van der Waals surface area contributed by atoms with Gasteiger partial charge < -0.3 is 69.1 Å². The monoisotopic (exact) mass is 1630 g/mol. The van der Waals surface area contributed by atoms with Crippen molar-refractivity contribution in [3.63, 3.8) is 0 Å². The number of aryl methyl sites for hydroxylation is 4. The summed E-state index contributed by atoms with van der Waals surface area (Å²) in [5, 5.41) is 40.3. The number of hydrogen-bond donors (Lipinski definition) is 7. The second-order valence-corrected chi connectivity index (χ2v) is 30.7. The molecule has 7 aromatic carbocycles. The summed E-state index contributed by atoms with van der Waals surface area (Å²) in [6.07, 6.45) is 9.66. The largest absolute Gasteiger partial charge is 0.497 e. The Labute approximate surface area is 692 Å². The number of aromatic nitrogens is 5. The van der Waals surface area contributed by atoms with Gasteiger partial charge in [0.05, 0.1) is 72.2 Å². The van der Waals surface area contributed by atoms with E-state index in [0.29, 0.717) is 98.4 Å². The topological polar surface area (TPSA) is 327 Å². The maximum atomic E-state index is 12.1. The Kier molecular flexibility index (Phi) is 27.7. The molecule has 29 heteroatoms. The van der Waals surface area contributed by atoms with Crippen LogP contribution in [-0.2, 0) is 25.7 Å². The maximum absolute atomic E-state index is 12.1. The molecule has 8 amide bonds. The first-order valence-electron chi connectivity index (χ1n) is 38.8. The van der Waals surface area contributed by atoms with Gasteiger partial charge in [-0.25, -0.2) is 44.1 Å². The van der Waals surface area contributed by atoms with Gasteiger partial charge in [-0.15, -0.1) is 22.7 Å². The molecule has 4 aliphatic heterocycles. The summed E-state index contributed by atoms with van der Waals surface area (Å²) in [4.78, 5) is 79.9. The van der Waals surface area contributed by atoms with Crippen molar-refractivity contribution in [1.82, 2.24) is 46.2 Å². The fraction of sp³-hybridized carbons (Fsp3) is 0.292. The van der Waals surface area contributed by atoms with E-state index in [1.165, 1.54) is 11.1 Å². The number of aliphatic hydroxyl groups is 3. The van der Waals surface area contributed by atoms with Crippen LogP contribution in [-0.4, -0.2) is 170 Å². The molecular formula is C89H95N13O14S2. The van der Waals surface area contributed by atoms with Gasteiger partial charge in [-0.3, -0.25) is 19.6 Å². The van der Waals surface area contributed by atoms with Crippen LogP contribution in [0.3, 0.4) is 0 Å². The summed E-state index contributed by atoms with van der Waals surface area (Å²) in [5.74, 6) is 6.59. The van der Waals surface area contributed by atoms with Crippen molar-refractivity contribution in [2.24, 2.45) is 0 Å². The highest BCUT2D eigenvalue weighted by molar-refractivity contribution is 7.15. The smallest absolute Gasteiger partial charge is 0.323 e. The quantitative estimate of drug-likeness (QED) is 0.0251. The van der Waals surface area contributed by atoms with E-state index in [2.05, 4.69) is 60.0 Å². The number of oxazole rings is 2. The lowest BCUT2D eigenvalue weighted by Crippen LogP contribution is -2.33. The summed E-state index contributed by atoms with van der Waals surface area (Å²) in [6.45, 7) is 16.8. The Bertz CT molecular complexity index is 5490. The van der Waals surface area contributed by atoms with E-state index in [-0.39, 0.29) is 75.8 Å². The Balaban J connectivity index is 0.000000136. The van der Waals surface area contributed by atoms with Crippen molar-refractivity contribution in [2.75, 3.05) is 113 Å². The van der Waals surface area contributed by atoms with Crippen LogP contribution in [0.25, 0.3) is 43.7 Å². The summed E-state index contributed by atoms with van der Waals surface area (Å²) in [6, 6.07) is 50.6. The van der Waals surface area contributed by atoms with Gasteiger partial charge in [0.1, 0.15) is 60.1 Å². The lowest BCUT2D eigenvalue weighted by molar-refractivity contribution is 0.201. The fourth-order valence-corrected chi connectivity index (χ4v) is 15.5. The second-order valence-electron chi connectivity index (χ2n) is 28.5. The molecule has 0 saturated carbocycles. The summed E-state index contributed by atoms with van der Waals surface area (Å²) in [5.41, 5.74) is 15.1. The minimum atomic E-state index is -0.149. The molecule has 0 aliphatic carbocycles. The summed E-state index contributed by atoms with van der Waals surface area (Å²) < 4.78 is 39.3. The van der Waals surface area contributed by atoms with Gasteiger partial charge in [-0.2, -0.15) is 0 Å². The average Bonchev–Trinajstić information content (AvgIpc) is 1.61. The molecule has 12 aromatic rings. The number of amides is 8. The zero-order valence-corrected chi connectivity index (χ0v) is 68.6. The zero-order chi connectivity index (χ0) is 82.8. The molecule has 4 aliphatic rings. The number of anilines is 4. The van der Waals surface area contributed by atoms with Gasteiger partial charge in [0.15, 0.2) is 23.3 Å². The van der Waals surface area contributed by atoms with E-state index < -0.39 is 0 Å². The molecule has 9 heterocycles. The molecule has 27 nitrogen and oxygen atoms in total. The lowest BCUT2D eigenvalue weighted by atomic mass is 10.1. The Morgan fingerprint density at radius 3 is 1.40 bits per heavy atom. The average molecular weight is 1630 g/mol. The van der Waals surface area contributed by atoms with E-state index in [1.807, 2.05) is 198 Å². The molecule has 0 radical (unpaired) electrons. The second kappa shape index (κ2) is 39.3. The van der Waals surface area contributed by atoms with Crippen LogP contribution in [0.4, 0.5) is 42.1 Å². The van der Waals surface area contributed by atoms with Crippen LogP contribution >= 0.6 is 22.7 Å². The molecule has 4 saturated heterocycles. The number of urea groups is 4. The molecule has 2 atom stereocenters. The summed E-state index contributed by atoms with van der Waals surface area (Å²) in [7, 11) is 3.25. The highest BCUT2D eigenvalue weighted by Gasteiger charge is 2.31. The van der Waals surface area contributed by atoms with Crippen LogP contribution in [0.1, 0.15) is 80.2 Å². The number of nitrogens with one attached hydrogen (secondary N) is 4. The first-order chi connectivity index (χ1) is 57.3. The SMILES string of the molecule is COc1cc(-c2cnc(Cc3cc(OC)ccc3C)o2)cc(N2CCNC2=O)c1.Cc1ccc(OCCO)cc1Cc1ncc(-c2cccc(N3C(=O)NCC3C)n2)o1.Cc1ccc(OCCO)cc1Cc1ncc(-c2cccc(N3CC(C)NC3=O)c2)s1.Cc1ccc(OCCO)cc1Cc1ncc(-c2cccc(N3CCNC3=O)c2)s1. The number of thiazole rings is 2. The predicted octanol–water partition coefficient (Wildman–Crippen LogP) is 14.3. The van der Waals surface area contributed by atoms with Gasteiger partial charge in [-0.05, 0) is 194 Å². The molecular weight excluding hydrogens is 1540 g/mol. The van der Waals surface area contributed by atoms with E-state index in [9.17, 15) is 19.2 Å². The van der Waals surface area contributed by atoms with Crippen LogP contribution in [0, 0.1) is 27.7 Å². The highest BCUT2D eigenvalue weighted by atomic mass is 32.1. The minimum Gasteiger partial charge on any atom is -0.497 e. The van der Waals surface area contributed by atoms with Gasteiger partial charge in [-0.1, -0.05) is 54.6 Å². The number of aliphatic hydroxyl groups excluding tert-OH is 3. The van der Waals surface area contributed by atoms with Crippen molar-refractivity contribution < 1.29 is 67.0 Å². The standard InChI is InChI=1S/C23H25N3O3S.C22H24N4O4.C22H23N3O4.C22H23N3O3S/c1-15-6-7-20(29-9-8-27)11-18(15)12-22-24-13-21(30-22)17-4-3-5-19(10-17)26-14-16(2)25-23(26)28;1-14-6-7-17(29-9-8-27)10-16(14)11-21-23-13-19(30-21)18-4-3-5-20(25-18)26-15(2)12-24-22(26)28;1-14-4-5-18(27-2)9-15(14)11-21-24-13-20(29-21)16-8-17(12-19(10-16)28-3)25-7-6-23-22(25)26;1-15-5-6-19(28-10-9-26)12-17(15)13-21-24-14-20(29-21)16-3-2-4-18(11-16)25-8-7-23-22(25)27/h3-7,10-11,13,16,27H,8-9,12,14H2,1-2H3,(H,25,28);3-7,10,13,15,27H,8-9,11-12H2,1-2H3,(H,24,28);4-5,8-10,12-13H,6-7,11H2,1-3H3,(H,23,26);2-6,11-12,14,26H,7-10,13H2,1H3,(H,23,27). The van der Waals surface area contributed by atoms with Crippen molar-refractivity contribution in [3.8, 4) is 72.4 Å². The number of benzene rings is 7. The van der Waals surface area contributed by atoms with Crippen LogP contribution in [0.15, 0.2) is 191 Å². The number of methoxy groups -OCH3 is 2. The first kappa shape index (κ1) is 83.3. The third kappa shape index (κ3) is 21.1. The lowest BCUT2D eigenvalue weighted by Gasteiger charge is -2.18. The number of carbonyl (C=O) groups is 4. The molecule has 118 heavy (non-hydrogen) atoms. The molecule has 5 aromatic heterocycles. The normalized spacial score (nSPS) is 14.8. The first-order valence-corrected chi connectivity index (χ1v) is 40.5. The third-order valence-electron chi connectivity index (χ3n) is 20.0. The molecule has 0 bridgehead atoms. The third-order valence-corrected chi connectivity index (χ3v) is 22.1. The fourth-order valence-electron chi connectivity index (χ4n) is 13.6. The van der Waals surface area contributed by atoms with E-state index in [4.69, 9.17) is 47.8 Å².